The average Bonchev–Trinajstić information content (AvgIpc) is 2.71. The van der Waals surface area contributed by atoms with Gasteiger partial charge in [-0.05, 0) is 42.3 Å². The van der Waals surface area contributed by atoms with E-state index in [1.54, 1.807) is 0 Å². The molecule has 1 atom stereocenters. The van der Waals surface area contributed by atoms with Gasteiger partial charge in [0.05, 0.1) is 5.69 Å². The maximum Gasteiger partial charge on any atom is 0.150 e. The molecular weight excluding hydrogens is 302 g/mol. The first-order valence-corrected chi connectivity index (χ1v) is 6.92. The van der Waals surface area contributed by atoms with Crippen molar-refractivity contribution in [2.45, 2.75) is 32.4 Å². The smallest absolute Gasteiger partial charge is 0.150 e. The molecule has 0 saturated carbocycles. The second-order valence-electron chi connectivity index (χ2n) is 4.96. The molecule has 1 aliphatic rings. The van der Waals surface area contributed by atoms with Crippen molar-refractivity contribution >= 4 is 21.6 Å². The van der Waals surface area contributed by atoms with Gasteiger partial charge in [0.1, 0.15) is 11.6 Å². The van der Waals surface area contributed by atoms with Crippen molar-refractivity contribution in [2.75, 3.05) is 18.4 Å². The second kappa shape index (κ2) is 5.53. The lowest BCUT2D eigenvalue weighted by atomic mass is 10.2. The Morgan fingerprint density at radius 2 is 2.11 bits per heavy atom. The van der Waals surface area contributed by atoms with E-state index >= 15 is 0 Å². The number of nitrogens with one attached hydrogen (secondary N) is 1. The van der Waals surface area contributed by atoms with E-state index in [4.69, 9.17) is 0 Å². The molecule has 1 heterocycles. The minimum absolute atomic E-state index is 0.212. The third-order valence-electron chi connectivity index (χ3n) is 3.31. The Bertz CT molecular complexity index is 414. The van der Waals surface area contributed by atoms with E-state index in [1.165, 1.54) is 6.07 Å². The van der Waals surface area contributed by atoms with Gasteiger partial charge in [0, 0.05) is 35.7 Å². The van der Waals surface area contributed by atoms with E-state index < -0.39 is 11.6 Å². The molecule has 100 valence electrons. The van der Waals surface area contributed by atoms with Crippen LogP contribution in [0.1, 0.15) is 20.3 Å². The average molecular weight is 319 g/mol. The molecule has 18 heavy (non-hydrogen) atoms. The molecule has 1 N–H and O–H groups in total. The first kappa shape index (κ1) is 13.7. The standard InChI is InChI=1S/C13H17BrF2N2/c1-8(2)18-4-3-10(7-18)17-13-11(14)5-9(15)6-12(13)16/h5-6,8,10,17H,3-4,7H2,1-2H3. The SMILES string of the molecule is CC(C)N1CCC(Nc2c(F)cc(F)cc2Br)C1. The van der Waals surface area contributed by atoms with Gasteiger partial charge >= 0.3 is 0 Å². The molecule has 0 radical (unpaired) electrons. The van der Waals surface area contributed by atoms with Crippen molar-refractivity contribution in [3.63, 3.8) is 0 Å². The van der Waals surface area contributed by atoms with Crippen LogP contribution in [0, 0.1) is 11.6 Å². The topological polar surface area (TPSA) is 15.3 Å². The number of hydrogen-bond donors (Lipinski definition) is 1. The fourth-order valence-corrected chi connectivity index (χ4v) is 2.78. The molecule has 1 fully saturated rings. The van der Waals surface area contributed by atoms with Crippen LogP contribution >= 0.6 is 15.9 Å². The summed E-state index contributed by atoms with van der Waals surface area (Å²) in [7, 11) is 0. The maximum absolute atomic E-state index is 13.7. The summed E-state index contributed by atoms with van der Waals surface area (Å²) in [5, 5.41) is 3.16. The number of likely N-dealkylation sites (tertiary alicyclic amines) is 1. The quantitative estimate of drug-likeness (QED) is 0.915. The molecule has 1 aliphatic heterocycles. The highest BCUT2D eigenvalue weighted by Crippen LogP contribution is 2.29. The molecule has 0 aromatic heterocycles. The van der Waals surface area contributed by atoms with Crippen molar-refractivity contribution in [3.8, 4) is 0 Å². The fraction of sp³-hybridized carbons (Fsp3) is 0.538. The van der Waals surface area contributed by atoms with Gasteiger partial charge in [0.15, 0.2) is 0 Å². The highest BCUT2D eigenvalue weighted by molar-refractivity contribution is 9.10. The van der Waals surface area contributed by atoms with Crippen molar-refractivity contribution in [3.05, 3.63) is 28.2 Å². The Balaban J connectivity index is 2.07. The Labute approximate surface area is 114 Å². The molecule has 0 aliphatic carbocycles. The zero-order valence-electron chi connectivity index (χ0n) is 10.5. The summed E-state index contributed by atoms with van der Waals surface area (Å²) >= 11 is 3.19. The van der Waals surface area contributed by atoms with Crippen LogP contribution in [0.3, 0.4) is 0 Å². The molecule has 0 amide bonds. The number of rotatable bonds is 3. The summed E-state index contributed by atoms with van der Waals surface area (Å²) in [6, 6.07) is 2.89. The molecular formula is C13H17BrF2N2. The Morgan fingerprint density at radius 3 is 2.67 bits per heavy atom. The first-order chi connectivity index (χ1) is 8.47. The molecule has 0 bridgehead atoms. The van der Waals surface area contributed by atoms with E-state index in [9.17, 15) is 8.78 Å². The largest absolute Gasteiger partial charge is 0.378 e. The van der Waals surface area contributed by atoms with Gasteiger partial charge in [-0.2, -0.15) is 0 Å². The molecule has 1 aromatic rings. The van der Waals surface area contributed by atoms with Gasteiger partial charge in [0.2, 0.25) is 0 Å². The predicted octanol–water partition coefficient (Wildman–Crippen LogP) is 3.62. The molecule has 1 aromatic carbocycles. The third kappa shape index (κ3) is 3.01. The molecule has 2 rings (SSSR count). The van der Waals surface area contributed by atoms with Gasteiger partial charge in [-0.3, -0.25) is 4.90 Å². The highest BCUT2D eigenvalue weighted by atomic mass is 79.9. The Hall–Kier alpha value is -0.680. The fourth-order valence-electron chi connectivity index (χ4n) is 2.26. The lowest BCUT2D eigenvalue weighted by Gasteiger charge is -2.21. The molecule has 5 heteroatoms. The summed E-state index contributed by atoms with van der Waals surface area (Å²) in [5.74, 6) is -1.12. The second-order valence-corrected chi connectivity index (χ2v) is 5.82. The summed E-state index contributed by atoms with van der Waals surface area (Å²) in [6.07, 6.45) is 0.974. The van der Waals surface area contributed by atoms with Crippen LogP contribution in [0.15, 0.2) is 16.6 Å². The van der Waals surface area contributed by atoms with Crippen LogP contribution in [-0.4, -0.2) is 30.1 Å². The summed E-state index contributed by atoms with van der Waals surface area (Å²) in [4.78, 5) is 2.34. The number of nitrogens with zero attached hydrogens (tertiary/aromatic N) is 1. The number of hydrogen-bond acceptors (Lipinski definition) is 2. The van der Waals surface area contributed by atoms with E-state index in [2.05, 4.69) is 40.0 Å². The zero-order chi connectivity index (χ0) is 13.3. The van der Waals surface area contributed by atoms with Crippen molar-refractivity contribution in [1.82, 2.24) is 4.90 Å². The predicted molar refractivity (Wildman–Crippen MR) is 72.8 cm³/mol. The van der Waals surface area contributed by atoms with E-state index in [-0.39, 0.29) is 6.04 Å². The van der Waals surface area contributed by atoms with Crippen molar-refractivity contribution in [1.29, 1.82) is 0 Å². The van der Waals surface area contributed by atoms with E-state index in [0.29, 0.717) is 16.2 Å². The van der Waals surface area contributed by atoms with Crippen LogP contribution in [-0.2, 0) is 0 Å². The van der Waals surface area contributed by atoms with Gasteiger partial charge in [-0.15, -0.1) is 0 Å². The zero-order valence-corrected chi connectivity index (χ0v) is 12.1. The number of anilines is 1. The monoisotopic (exact) mass is 318 g/mol. The highest BCUT2D eigenvalue weighted by Gasteiger charge is 2.25. The van der Waals surface area contributed by atoms with Crippen LogP contribution < -0.4 is 5.32 Å². The van der Waals surface area contributed by atoms with Crippen molar-refractivity contribution < 1.29 is 8.78 Å². The van der Waals surface area contributed by atoms with E-state index in [1.807, 2.05) is 0 Å². The lowest BCUT2D eigenvalue weighted by molar-refractivity contribution is 0.274. The number of halogens is 3. The first-order valence-electron chi connectivity index (χ1n) is 6.12. The van der Waals surface area contributed by atoms with Crippen LogP contribution in [0.4, 0.5) is 14.5 Å². The van der Waals surface area contributed by atoms with Gasteiger partial charge in [-0.1, -0.05) is 0 Å². The normalized spacial score (nSPS) is 20.7. The molecule has 0 spiro atoms. The minimum Gasteiger partial charge on any atom is -0.378 e. The van der Waals surface area contributed by atoms with Gasteiger partial charge in [0.25, 0.3) is 0 Å². The molecule has 2 nitrogen and oxygen atoms in total. The maximum atomic E-state index is 13.7. The molecule has 1 unspecified atom stereocenters. The summed E-state index contributed by atoms with van der Waals surface area (Å²) in [6.45, 7) is 6.20. The van der Waals surface area contributed by atoms with Crippen LogP contribution in [0.2, 0.25) is 0 Å². The van der Waals surface area contributed by atoms with Crippen LogP contribution in [0.25, 0.3) is 0 Å². The molecule has 1 saturated heterocycles. The summed E-state index contributed by atoms with van der Waals surface area (Å²) < 4.78 is 27.1. The van der Waals surface area contributed by atoms with Gasteiger partial charge < -0.3 is 5.32 Å². The number of benzene rings is 1. The lowest BCUT2D eigenvalue weighted by Crippen LogP contribution is -2.31. The van der Waals surface area contributed by atoms with Gasteiger partial charge in [-0.25, -0.2) is 8.78 Å². The minimum atomic E-state index is -0.569. The third-order valence-corrected chi connectivity index (χ3v) is 3.93. The Morgan fingerprint density at radius 1 is 1.39 bits per heavy atom. The van der Waals surface area contributed by atoms with E-state index in [0.717, 1.165) is 25.6 Å². The van der Waals surface area contributed by atoms with Crippen LogP contribution in [0.5, 0.6) is 0 Å². The summed E-state index contributed by atoms with van der Waals surface area (Å²) in [5.41, 5.74) is 0.354. The Kier molecular flexibility index (Phi) is 4.22. The van der Waals surface area contributed by atoms with Crippen molar-refractivity contribution in [2.24, 2.45) is 0 Å².